The van der Waals surface area contributed by atoms with Crippen LogP contribution in [0.1, 0.15) is 26.4 Å². The third-order valence-corrected chi connectivity index (χ3v) is 3.98. The van der Waals surface area contributed by atoms with Crippen molar-refractivity contribution in [3.63, 3.8) is 0 Å². The molecular weight excluding hydrogens is 364 g/mol. The van der Waals surface area contributed by atoms with Crippen molar-refractivity contribution < 1.29 is 9.59 Å². The molecule has 132 valence electrons. The molecule has 1 heterocycles. The summed E-state index contributed by atoms with van der Waals surface area (Å²) < 4.78 is 0. The van der Waals surface area contributed by atoms with Crippen LogP contribution in [0.5, 0.6) is 0 Å². The molecule has 2 aromatic carbocycles. The van der Waals surface area contributed by atoms with Gasteiger partial charge in [-0.15, -0.1) is 0 Å². The Morgan fingerprint density at radius 2 is 1.70 bits per heavy atom. The number of anilines is 2. The van der Waals surface area contributed by atoms with E-state index in [1.807, 2.05) is 6.07 Å². The summed E-state index contributed by atoms with van der Waals surface area (Å²) in [6, 6.07) is 18.2. The van der Waals surface area contributed by atoms with Gasteiger partial charge in [0.1, 0.15) is 5.69 Å². The second-order valence-electron chi connectivity index (χ2n) is 5.51. The number of hydrogen-bond acceptors (Lipinski definition) is 4. The van der Waals surface area contributed by atoms with Gasteiger partial charge in [-0.2, -0.15) is 5.26 Å². The molecule has 6 nitrogen and oxygen atoms in total. The molecule has 0 aliphatic rings. The lowest BCUT2D eigenvalue weighted by Crippen LogP contribution is -2.17. The van der Waals surface area contributed by atoms with E-state index in [9.17, 15) is 9.59 Å². The molecule has 2 amide bonds. The number of carbonyl (C=O) groups excluding carboxylic acids is 2. The van der Waals surface area contributed by atoms with E-state index >= 15 is 0 Å². The number of nitrogens with zero attached hydrogens (tertiary/aromatic N) is 2. The maximum atomic E-state index is 12.4. The van der Waals surface area contributed by atoms with Crippen molar-refractivity contribution in [2.24, 2.45) is 0 Å². The first-order valence-corrected chi connectivity index (χ1v) is 8.28. The monoisotopic (exact) mass is 376 g/mol. The number of pyridine rings is 1. The fourth-order valence-corrected chi connectivity index (χ4v) is 2.46. The lowest BCUT2D eigenvalue weighted by atomic mass is 10.2. The minimum absolute atomic E-state index is 0.0856. The molecule has 0 bridgehead atoms. The molecule has 3 aromatic rings. The van der Waals surface area contributed by atoms with Gasteiger partial charge in [0.25, 0.3) is 11.8 Å². The zero-order chi connectivity index (χ0) is 19.2. The number of nitrogens with one attached hydrogen (secondary N) is 2. The fourth-order valence-electron chi connectivity index (χ4n) is 2.28. The minimum Gasteiger partial charge on any atom is -0.322 e. The second-order valence-corrected chi connectivity index (χ2v) is 5.91. The Morgan fingerprint density at radius 3 is 2.41 bits per heavy atom. The maximum Gasteiger partial charge on any atom is 0.274 e. The normalized spacial score (nSPS) is 9.93. The van der Waals surface area contributed by atoms with E-state index < -0.39 is 11.8 Å². The number of hydrogen-bond donors (Lipinski definition) is 2. The van der Waals surface area contributed by atoms with Crippen molar-refractivity contribution in [1.82, 2.24) is 4.98 Å². The van der Waals surface area contributed by atoms with Gasteiger partial charge in [-0.1, -0.05) is 23.7 Å². The van der Waals surface area contributed by atoms with Gasteiger partial charge in [-0.3, -0.25) is 14.6 Å². The van der Waals surface area contributed by atoms with Crippen molar-refractivity contribution in [2.45, 2.75) is 0 Å². The Morgan fingerprint density at radius 1 is 0.963 bits per heavy atom. The number of benzene rings is 2. The number of rotatable bonds is 4. The van der Waals surface area contributed by atoms with Crippen LogP contribution in [0.25, 0.3) is 0 Å². The Bertz CT molecular complexity index is 1040. The van der Waals surface area contributed by atoms with Gasteiger partial charge in [-0.25, -0.2) is 0 Å². The molecule has 0 aliphatic heterocycles. The number of aromatic nitrogens is 1. The molecule has 27 heavy (non-hydrogen) atoms. The van der Waals surface area contributed by atoms with Crippen LogP contribution in [-0.4, -0.2) is 16.8 Å². The van der Waals surface area contributed by atoms with Gasteiger partial charge < -0.3 is 10.6 Å². The molecular formula is C20H13ClN4O2. The SMILES string of the molecule is N#Cc1ccc(NC(=O)c2ccnc(C(=O)Nc3ccccc3Cl)c2)cc1. The van der Waals surface area contributed by atoms with Crippen molar-refractivity contribution in [3.8, 4) is 6.07 Å². The van der Waals surface area contributed by atoms with E-state index in [0.29, 0.717) is 22.0 Å². The third kappa shape index (κ3) is 4.48. The van der Waals surface area contributed by atoms with Gasteiger partial charge >= 0.3 is 0 Å². The van der Waals surface area contributed by atoms with Crippen LogP contribution in [0, 0.1) is 11.3 Å². The molecule has 0 radical (unpaired) electrons. The summed E-state index contributed by atoms with van der Waals surface area (Å²) in [6.07, 6.45) is 1.38. The molecule has 2 N–H and O–H groups in total. The lowest BCUT2D eigenvalue weighted by Gasteiger charge is -2.08. The molecule has 0 atom stereocenters. The predicted octanol–water partition coefficient (Wildman–Crippen LogP) is 4.11. The summed E-state index contributed by atoms with van der Waals surface area (Å²) in [5.74, 6) is -0.870. The zero-order valence-corrected chi connectivity index (χ0v) is 14.7. The number of nitriles is 1. The zero-order valence-electron chi connectivity index (χ0n) is 13.9. The number of amides is 2. The van der Waals surface area contributed by atoms with E-state index in [-0.39, 0.29) is 11.3 Å². The van der Waals surface area contributed by atoms with Crippen LogP contribution < -0.4 is 10.6 Å². The molecule has 0 saturated carbocycles. The number of carbonyl (C=O) groups is 2. The van der Waals surface area contributed by atoms with Crippen molar-refractivity contribution in [3.05, 3.63) is 88.7 Å². The van der Waals surface area contributed by atoms with Crippen LogP contribution in [0.15, 0.2) is 66.9 Å². The molecule has 0 spiro atoms. The molecule has 0 aliphatic carbocycles. The van der Waals surface area contributed by atoms with Crippen molar-refractivity contribution in [2.75, 3.05) is 10.6 Å². The summed E-state index contributed by atoms with van der Waals surface area (Å²) in [7, 11) is 0. The van der Waals surface area contributed by atoms with Gasteiger partial charge in [0, 0.05) is 17.4 Å². The van der Waals surface area contributed by atoms with E-state index in [1.54, 1.807) is 48.5 Å². The maximum absolute atomic E-state index is 12.4. The fraction of sp³-hybridized carbons (Fsp3) is 0. The molecule has 7 heteroatoms. The highest BCUT2D eigenvalue weighted by molar-refractivity contribution is 6.33. The predicted molar refractivity (Wildman–Crippen MR) is 103 cm³/mol. The average molecular weight is 377 g/mol. The highest BCUT2D eigenvalue weighted by Gasteiger charge is 2.13. The number of para-hydroxylation sites is 1. The second kappa shape index (κ2) is 8.13. The van der Waals surface area contributed by atoms with E-state index in [4.69, 9.17) is 16.9 Å². The van der Waals surface area contributed by atoms with E-state index in [1.165, 1.54) is 18.3 Å². The summed E-state index contributed by atoms with van der Waals surface area (Å²) in [6.45, 7) is 0. The van der Waals surface area contributed by atoms with Gasteiger partial charge in [0.2, 0.25) is 0 Å². The standard InChI is InChI=1S/C20H13ClN4O2/c21-16-3-1-2-4-17(16)25-20(27)18-11-14(9-10-23-18)19(26)24-15-7-5-13(12-22)6-8-15/h1-11H,(H,24,26)(H,25,27). The van der Waals surface area contributed by atoms with Crippen LogP contribution in [-0.2, 0) is 0 Å². The summed E-state index contributed by atoms with van der Waals surface area (Å²) in [4.78, 5) is 28.8. The quantitative estimate of drug-likeness (QED) is 0.716. The van der Waals surface area contributed by atoms with Crippen LogP contribution in [0.2, 0.25) is 5.02 Å². The van der Waals surface area contributed by atoms with Crippen LogP contribution in [0.3, 0.4) is 0 Å². The molecule has 1 aromatic heterocycles. The summed E-state index contributed by atoms with van der Waals surface area (Å²) >= 11 is 6.03. The lowest BCUT2D eigenvalue weighted by molar-refractivity contribution is 0.102. The van der Waals surface area contributed by atoms with Crippen molar-refractivity contribution in [1.29, 1.82) is 5.26 Å². The van der Waals surface area contributed by atoms with Crippen LogP contribution >= 0.6 is 11.6 Å². The summed E-state index contributed by atoms with van der Waals surface area (Å²) in [5.41, 5.74) is 1.85. The van der Waals surface area contributed by atoms with E-state index in [0.717, 1.165) is 0 Å². The molecule has 0 unspecified atom stereocenters. The van der Waals surface area contributed by atoms with Crippen molar-refractivity contribution >= 4 is 34.8 Å². The van der Waals surface area contributed by atoms with Gasteiger partial charge in [0.15, 0.2) is 0 Å². The number of halogens is 1. The first-order chi connectivity index (χ1) is 13.1. The third-order valence-electron chi connectivity index (χ3n) is 3.65. The Balaban J connectivity index is 1.74. The molecule has 3 rings (SSSR count). The smallest absolute Gasteiger partial charge is 0.274 e. The highest BCUT2D eigenvalue weighted by Crippen LogP contribution is 2.21. The van der Waals surface area contributed by atoms with Crippen LogP contribution in [0.4, 0.5) is 11.4 Å². The van der Waals surface area contributed by atoms with Gasteiger partial charge in [-0.05, 0) is 48.5 Å². The Kier molecular flexibility index (Phi) is 5.45. The first kappa shape index (κ1) is 18.1. The van der Waals surface area contributed by atoms with Gasteiger partial charge in [0.05, 0.1) is 22.3 Å². The summed E-state index contributed by atoms with van der Waals surface area (Å²) in [5, 5.41) is 14.6. The molecule has 0 fully saturated rings. The highest BCUT2D eigenvalue weighted by atomic mass is 35.5. The van der Waals surface area contributed by atoms with E-state index in [2.05, 4.69) is 15.6 Å². The average Bonchev–Trinajstić information content (AvgIpc) is 2.70. The first-order valence-electron chi connectivity index (χ1n) is 7.90. The Labute approximate surface area is 160 Å². The topological polar surface area (TPSA) is 94.9 Å². The minimum atomic E-state index is -0.476. The largest absolute Gasteiger partial charge is 0.322 e. The molecule has 0 saturated heterocycles. The Hall–Kier alpha value is -3.69.